The number of aryl methyl sites for hydroxylation is 2. The largest absolute Gasteiger partial charge is 0.271 e. The van der Waals surface area contributed by atoms with Gasteiger partial charge in [0, 0.05) is 18.4 Å². The molecule has 0 spiro atoms. The highest BCUT2D eigenvalue weighted by atomic mass is 32.1. The zero-order valence-electron chi connectivity index (χ0n) is 10.4. The van der Waals surface area contributed by atoms with Crippen molar-refractivity contribution in [2.75, 3.05) is 0 Å². The third-order valence-electron chi connectivity index (χ3n) is 3.10. The summed E-state index contributed by atoms with van der Waals surface area (Å²) in [6, 6.07) is 6.63. The summed E-state index contributed by atoms with van der Waals surface area (Å²) in [6.45, 7) is 0. The van der Waals surface area contributed by atoms with Crippen molar-refractivity contribution in [1.82, 2.24) is 10.4 Å². The third kappa shape index (κ3) is 4.22. The van der Waals surface area contributed by atoms with E-state index in [0.717, 1.165) is 25.7 Å². The number of aromatic nitrogens is 1. The molecule has 0 radical (unpaired) electrons. The Balaban J connectivity index is 1.75. The summed E-state index contributed by atoms with van der Waals surface area (Å²) in [7, 11) is 0. The highest BCUT2D eigenvalue weighted by Crippen LogP contribution is 2.12. The Bertz CT molecular complexity index is 428. The second-order valence-corrected chi connectivity index (χ2v) is 5.21. The van der Waals surface area contributed by atoms with Gasteiger partial charge in [-0.3, -0.25) is 16.3 Å². The SMILES string of the molecule is NNC(CCc1cccnc1)CCc1ccsc1. The number of hydrogen-bond acceptors (Lipinski definition) is 4. The second-order valence-electron chi connectivity index (χ2n) is 4.43. The summed E-state index contributed by atoms with van der Waals surface area (Å²) in [5.41, 5.74) is 5.59. The van der Waals surface area contributed by atoms with Crippen LogP contribution in [0.4, 0.5) is 0 Å². The molecule has 3 N–H and O–H groups in total. The van der Waals surface area contributed by atoms with Gasteiger partial charge in [0.05, 0.1) is 0 Å². The maximum atomic E-state index is 5.61. The second kappa shape index (κ2) is 7.26. The average molecular weight is 261 g/mol. The Kier molecular flexibility index (Phi) is 5.33. The van der Waals surface area contributed by atoms with Crippen LogP contribution in [0, 0.1) is 0 Å². The molecule has 0 aliphatic carbocycles. The number of thiophene rings is 1. The average Bonchev–Trinajstić information content (AvgIpc) is 2.93. The summed E-state index contributed by atoms with van der Waals surface area (Å²) in [5.74, 6) is 5.61. The minimum absolute atomic E-state index is 0.366. The third-order valence-corrected chi connectivity index (χ3v) is 3.83. The van der Waals surface area contributed by atoms with E-state index in [2.05, 4.69) is 33.3 Å². The Morgan fingerprint density at radius 1 is 1.22 bits per heavy atom. The van der Waals surface area contributed by atoms with E-state index in [4.69, 9.17) is 5.84 Å². The first-order valence-electron chi connectivity index (χ1n) is 6.24. The molecule has 0 aliphatic rings. The number of rotatable bonds is 7. The predicted molar refractivity (Wildman–Crippen MR) is 76.3 cm³/mol. The number of pyridine rings is 1. The first-order chi connectivity index (χ1) is 8.88. The van der Waals surface area contributed by atoms with Crippen molar-refractivity contribution in [1.29, 1.82) is 0 Å². The number of nitrogens with zero attached hydrogens (tertiary/aromatic N) is 1. The van der Waals surface area contributed by atoms with Crippen LogP contribution in [0.5, 0.6) is 0 Å². The smallest absolute Gasteiger partial charge is 0.0299 e. The van der Waals surface area contributed by atoms with E-state index in [9.17, 15) is 0 Å². The van der Waals surface area contributed by atoms with Gasteiger partial charge in [0.2, 0.25) is 0 Å². The molecular weight excluding hydrogens is 242 g/mol. The van der Waals surface area contributed by atoms with E-state index in [1.807, 2.05) is 12.3 Å². The van der Waals surface area contributed by atoms with Crippen molar-refractivity contribution in [3.05, 3.63) is 52.5 Å². The maximum absolute atomic E-state index is 5.61. The lowest BCUT2D eigenvalue weighted by molar-refractivity contribution is 0.464. The van der Waals surface area contributed by atoms with Gasteiger partial charge in [-0.25, -0.2) is 0 Å². The molecule has 4 heteroatoms. The fourth-order valence-corrected chi connectivity index (χ4v) is 2.68. The lowest BCUT2D eigenvalue weighted by atomic mass is 10.0. The molecule has 0 saturated carbocycles. The van der Waals surface area contributed by atoms with Crippen LogP contribution in [0.25, 0.3) is 0 Å². The van der Waals surface area contributed by atoms with Gasteiger partial charge < -0.3 is 0 Å². The van der Waals surface area contributed by atoms with Gasteiger partial charge in [0.1, 0.15) is 0 Å². The van der Waals surface area contributed by atoms with Gasteiger partial charge in [-0.1, -0.05) is 6.07 Å². The van der Waals surface area contributed by atoms with Crippen molar-refractivity contribution in [3.63, 3.8) is 0 Å². The molecule has 96 valence electrons. The van der Waals surface area contributed by atoms with Gasteiger partial charge in [0.25, 0.3) is 0 Å². The topological polar surface area (TPSA) is 50.9 Å². The molecule has 0 fully saturated rings. The van der Waals surface area contributed by atoms with Crippen LogP contribution in [0.2, 0.25) is 0 Å². The molecular formula is C14H19N3S. The minimum atomic E-state index is 0.366. The molecule has 2 aromatic heterocycles. The van der Waals surface area contributed by atoms with Crippen molar-refractivity contribution in [3.8, 4) is 0 Å². The molecule has 0 aromatic carbocycles. The molecule has 3 nitrogen and oxygen atoms in total. The number of hydrazine groups is 1. The zero-order valence-corrected chi connectivity index (χ0v) is 11.2. The van der Waals surface area contributed by atoms with Gasteiger partial charge in [-0.2, -0.15) is 11.3 Å². The lowest BCUT2D eigenvalue weighted by Gasteiger charge is -2.15. The van der Waals surface area contributed by atoms with Gasteiger partial charge in [-0.05, 0) is 59.7 Å². The number of nitrogens with one attached hydrogen (secondary N) is 1. The van der Waals surface area contributed by atoms with Crippen LogP contribution in [0.3, 0.4) is 0 Å². The molecule has 0 bridgehead atoms. The molecule has 0 aliphatic heterocycles. The standard InChI is InChI=1S/C14H19N3S/c15-17-14(6-4-13-7-9-18-11-13)5-3-12-2-1-8-16-10-12/h1-2,7-11,14,17H,3-6,15H2. The molecule has 0 saturated heterocycles. The predicted octanol–water partition coefficient (Wildman–Crippen LogP) is 2.54. The Labute approximate surface area is 112 Å². The van der Waals surface area contributed by atoms with E-state index in [0.29, 0.717) is 6.04 Å². The fourth-order valence-electron chi connectivity index (χ4n) is 1.97. The number of nitrogens with two attached hydrogens (primary N) is 1. The van der Waals surface area contributed by atoms with Crippen molar-refractivity contribution in [2.24, 2.45) is 5.84 Å². The van der Waals surface area contributed by atoms with E-state index in [1.165, 1.54) is 11.1 Å². The summed E-state index contributed by atoms with van der Waals surface area (Å²) < 4.78 is 0. The maximum Gasteiger partial charge on any atom is 0.0299 e. The minimum Gasteiger partial charge on any atom is -0.271 e. The van der Waals surface area contributed by atoms with E-state index in [1.54, 1.807) is 17.5 Å². The highest BCUT2D eigenvalue weighted by Gasteiger charge is 2.07. The quantitative estimate of drug-likeness (QED) is 0.595. The molecule has 18 heavy (non-hydrogen) atoms. The van der Waals surface area contributed by atoms with Crippen molar-refractivity contribution < 1.29 is 0 Å². The monoisotopic (exact) mass is 261 g/mol. The zero-order chi connectivity index (χ0) is 12.6. The van der Waals surface area contributed by atoms with Crippen molar-refractivity contribution >= 4 is 11.3 Å². The number of hydrogen-bond donors (Lipinski definition) is 2. The fraction of sp³-hybridized carbons (Fsp3) is 0.357. The summed E-state index contributed by atoms with van der Waals surface area (Å²) >= 11 is 1.75. The van der Waals surface area contributed by atoms with Gasteiger partial charge in [0.15, 0.2) is 0 Å². The summed E-state index contributed by atoms with van der Waals surface area (Å²) in [6.07, 6.45) is 7.96. The molecule has 2 aromatic rings. The molecule has 1 unspecified atom stereocenters. The van der Waals surface area contributed by atoms with E-state index < -0.39 is 0 Å². The normalized spacial score (nSPS) is 12.5. The van der Waals surface area contributed by atoms with Crippen LogP contribution in [0.1, 0.15) is 24.0 Å². The van der Waals surface area contributed by atoms with Crippen LogP contribution < -0.4 is 11.3 Å². The van der Waals surface area contributed by atoms with Crippen LogP contribution >= 0.6 is 11.3 Å². The molecule has 1 atom stereocenters. The highest BCUT2D eigenvalue weighted by molar-refractivity contribution is 7.07. The molecule has 2 rings (SSSR count). The first-order valence-corrected chi connectivity index (χ1v) is 7.19. The first kappa shape index (κ1) is 13.2. The van der Waals surface area contributed by atoms with Crippen LogP contribution in [-0.4, -0.2) is 11.0 Å². The van der Waals surface area contributed by atoms with Gasteiger partial charge >= 0.3 is 0 Å². The Hall–Kier alpha value is -1.23. The summed E-state index contributed by atoms with van der Waals surface area (Å²) in [5, 5.41) is 4.32. The molecule has 0 amide bonds. The Morgan fingerprint density at radius 3 is 2.67 bits per heavy atom. The van der Waals surface area contributed by atoms with E-state index >= 15 is 0 Å². The van der Waals surface area contributed by atoms with E-state index in [-0.39, 0.29) is 0 Å². The Morgan fingerprint density at radius 2 is 2.06 bits per heavy atom. The summed E-state index contributed by atoms with van der Waals surface area (Å²) in [4.78, 5) is 4.12. The molecule has 2 heterocycles. The van der Waals surface area contributed by atoms with Crippen molar-refractivity contribution in [2.45, 2.75) is 31.7 Å². The van der Waals surface area contributed by atoms with Crippen LogP contribution in [0.15, 0.2) is 41.4 Å². The lowest BCUT2D eigenvalue weighted by Crippen LogP contribution is -2.35. The van der Waals surface area contributed by atoms with Crippen LogP contribution in [-0.2, 0) is 12.8 Å². The van der Waals surface area contributed by atoms with Gasteiger partial charge in [-0.15, -0.1) is 0 Å².